The van der Waals surface area contributed by atoms with Crippen molar-refractivity contribution in [3.63, 3.8) is 0 Å². The monoisotopic (exact) mass is 378 g/mol. The van der Waals surface area contributed by atoms with Gasteiger partial charge in [-0.3, -0.25) is 4.79 Å². The summed E-state index contributed by atoms with van der Waals surface area (Å²) in [6.45, 7) is 0. The first-order chi connectivity index (χ1) is 13.1. The Kier molecular flexibility index (Phi) is 3.41. The fraction of sp³-hybridized carbons (Fsp3) is 0. The molecule has 132 valence electrons. The molecule has 0 unspecified atom stereocenters. The van der Waals surface area contributed by atoms with Crippen LogP contribution in [0.2, 0.25) is 0 Å². The van der Waals surface area contributed by atoms with Crippen molar-refractivity contribution in [2.75, 3.05) is 0 Å². The van der Waals surface area contributed by atoms with Crippen molar-refractivity contribution in [2.45, 2.75) is 10.2 Å². The molecule has 0 atom stereocenters. The number of aromatic hydroxyl groups is 1. The molecule has 0 amide bonds. The summed E-state index contributed by atoms with van der Waals surface area (Å²) >= 11 is 1.18. The smallest absolute Gasteiger partial charge is 0.256 e. The van der Waals surface area contributed by atoms with Crippen molar-refractivity contribution < 1.29 is 9.50 Å². The third-order valence-corrected chi connectivity index (χ3v) is 5.26. The van der Waals surface area contributed by atoms with Crippen LogP contribution in [0.1, 0.15) is 0 Å². The molecule has 5 rings (SSSR count). The number of benzene rings is 2. The summed E-state index contributed by atoms with van der Waals surface area (Å²) in [7, 11) is 0. The van der Waals surface area contributed by atoms with Crippen LogP contribution in [-0.4, -0.2) is 25.0 Å². The van der Waals surface area contributed by atoms with Crippen molar-refractivity contribution in [1.29, 1.82) is 0 Å². The van der Waals surface area contributed by atoms with Crippen LogP contribution in [0, 0.1) is 5.82 Å². The molecule has 0 saturated heterocycles. The predicted molar refractivity (Wildman–Crippen MR) is 102 cm³/mol. The van der Waals surface area contributed by atoms with Gasteiger partial charge in [0.2, 0.25) is 0 Å². The minimum absolute atomic E-state index is 0.0520. The quantitative estimate of drug-likeness (QED) is 0.404. The van der Waals surface area contributed by atoms with Gasteiger partial charge < -0.3 is 15.1 Å². The number of hydrogen-bond donors (Lipinski definition) is 3. The third kappa shape index (κ3) is 2.45. The van der Waals surface area contributed by atoms with Gasteiger partial charge in [-0.05, 0) is 48.2 Å². The molecule has 2 aromatic carbocycles. The molecule has 27 heavy (non-hydrogen) atoms. The average molecular weight is 378 g/mol. The maximum Gasteiger partial charge on any atom is 0.256 e. The van der Waals surface area contributed by atoms with Gasteiger partial charge >= 0.3 is 0 Å². The topological polar surface area (TPSA) is 94.7 Å². The van der Waals surface area contributed by atoms with E-state index in [1.807, 2.05) is 0 Å². The summed E-state index contributed by atoms with van der Waals surface area (Å²) in [6, 6.07) is 9.26. The van der Waals surface area contributed by atoms with Gasteiger partial charge in [0, 0.05) is 28.6 Å². The molecular formula is C19H11FN4O2S. The van der Waals surface area contributed by atoms with E-state index in [9.17, 15) is 14.3 Å². The Bertz CT molecular complexity index is 1410. The molecule has 0 fully saturated rings. The number of nitrogens with zero attached hydrogens (tertiary/aromatic N) is 2. The number of hydrogen-bond acceptors (Lipinski definition) is 5. The zero-order valence-corrected chi connectivity index (χ0v) is 14.5. The highest BCUT2D eigenvalue weighted by atomic mass is 32.2. The SMILES string of the molecule is O=c1[nH]ccc2c3nc(Sc4ncccc4O)[nH]c3c3ccc(F)cc3c12. The molecule has 0 saturated carbocycles. The molecule has 0 aliphatic carbocycles. The van der Waals surface area contributed by atoms with Crippen LogP contribution in [0.3, 0.4) is 0 Å². The summed E-state index contributed by atoms with van der Waals surface area (Å²) in [5.74, 6) is -0.366. The molecule has 5 aromatic rings. The highest BCUT2D eigenvalue weighted by molar-refractivity contribution is 7.99. The van der Waals surface area contributed by atoms with Crippen LogP contribution < -0.4 is 5.56 Å². The lowest BCUT2D eigenvalue weighted by Crippen LogP contribution is -2.05. The van der Waals surface area contributed by atoms with Gasteiger partial charge in [-0.1, -0.05) is 0 Å². The Balaban J connectivity index is 1.85. The number of nitrogens with one attached hydrogen (secondary N) is 2. The van der Waals surface area contributed by atoms with E-state index in [4.69, 9.17) is 0 Å². The number of imidazole rings is 1. The highest BCUT2D eigenvalue weighted by Gasteiger charge is 2.17. The third-order valence-electron chi connectivity index (χ3n) is 4.36. The van der Waals surface area contributed by atoms with Crippen LogP contribution >= 0.6 is 11.8 Å². The first-order valence-corrected chi connectivity index (χ1v) is 8.87. The Morgan fingerprint density at radius 2 is 2.00 bits per heavy atom. The number of aromatic nitrogens is 4. The molecule has 6 nitrogen and oxygen atoms in total. The molecule has 0 spiro atoms. The minimum atomic E-state index is -0.418. The lowest BCUT2D eigenvalue weighted by Gasteiger charge is -2.05. The lowest BCUT2D eigenvalue weighted by molar-refractivity contribution is 0.456. The van der Waals surface area contributed by atoms with Crippen molar-refractivity contribution >= 4 is 44.3 Å². The first-order valence-electron chi connectivity index (χ1n) is 8.06. The molecule has 3 N–H and O–H groups in total. The summed E-state index contributed by atoms with van der Waals surface area (Å²) < 4.78 is 13.9. The molecule has 3 heterocycles. The van der Waals surface area contributed by atoms with Crippen LogP contribution in [-0.2, 0) is 0 Å². The normalized spacial score (nSPS) is 11.6. The van der Waals surface area contributed by atoms with E-state index < -0.39 is 5.82 Å². The van der Waals surface area contributed by atoms with Crippen LogP contribution in [0.25, 0.3) is 32.6 Å². The predicted octanol–water partition coefficient (Wildman–Crippen LogP) is 3.95. The van der Waals surface area contributed by atoms with E-state index in [0.29, 0.717) is 42.8 Å². The van der Waals surface area contributed by atoms with E-state index in [1.54, 1.807) is 36.7 Å². The zero-order chi connectivity index (χ0) is 18.5. The van der Waals surface area contributed by atoms with Crippen LogP contribution in [0.4, 0.5) is 4.39 Å². The van der Waals surface area contributed by atoms with E-state index >= 15 is 0 Å². The number of fused-ring (bicyclic) bond motifs is 6. The maximum atomic E-state index is 13.9. The van der Waals surface area contributed by atoms with Crippen molar-refractivity contribution in [3.8, 4) is 5.75 Å². The Morgan fingerprint density at radius 1 is 1.11 bits per heavy atom. The molecule has 3 aromatic heterocycles. The number of halogens is 1. The van der Waals surface area contributed by atoms with E-state index in [2.05, 4.69) is 19.9 Å². The minimum Gasteiger partial charge on any atom is -0.505 e. The van der Waals surface area contributed by atoms with Gasteiger partial charge in [-0.25, -0.2) is 14.4 Å². The second-order valence-electron chi connectivity index (χ2n) is 5.98. The molecular weight excluding hydrogens is 367 g/mol. The molecule has 8 heteroatoms. The number of H-pyrrole nitrogens is 2. The number of rotatable bonds is 2. The van der Waals surface area contributed by atoms with Gasteiger partial charge in [0.25, 0.3) is 5.56 Å². The lowest BCUT2D eigenvalue weighted by atomic mass is 10.0. The molecule has 0 aliphatic heterocycles. The highest BCUT2D eigenvalue weighted by Crippen LogP contribution is 2.36. The van der Waals surface area contributed by atoms with E-state index in [0.717, 1.165) is 0 Å². The van der Waals surface area contributed by atoms with Gasteiger partial charge in [-0.2, -0.15) is 0 Å². The van der Waals surface area contributed by atoms with Gasteiger partial charge in [0.1, 0.15) is 16.6 Å². The largest absolute Gasteiger partial charge is 0.505 e. The van der Waals surface area contributed by atoms with Crippen LogP contribution in [0.5, 0.6) is 5.75 Å². The maximum absolute atomic E-state index is 13.9. The van der Waals surface area contributed by atoms with Gasteiger partial charge in [-0.15, -0.1) is 0 Å². The van der Waals surface area contributed by atoms with Crippen molar-refractivity contribution in [3.05, 3.63) is 65.0 Å². The average Bonchev–Trinajstić information content (AvgIpc) is 3.07. The number of aromatic amines is 2. The standard InChI is InChI=1S/C19H11FN4O2S/c20-9-3-4-10-12(8-9)14-11(5-7-21-17(14)26)16-15(10)23-19(24-16)27-18-13(25)2-1-6-22-18/h1-8,25H,(H,21,26)(H,23,24). The summed E-state index contributed by atoms with van der Waals surface area (Å²) in [5, 5.41) is 13.1. The van der Waals surface area contributed by atoms with Crippen molar-refractivity contribution in [2.24, 2.45) is 0 Å². The summed E-state index contributed by atoms with van der Waals surface area (Å²) in [6.07, 6.45) is 3.12. The van der Waals surface area contributed by atoms with Crippen molar-refractivity contribution in [1.82, 2.24) is 19.9 Å². The second-order valence-corrected chi connectivity index (χ2v) is 6.96. The van der Waals surface area contributed by atoms with Crippen LogP contribution in [0.15, 0.2) is 63.8 Å². The van der Waals surface area contributed by atoms with E-state index in [-0.39, 0.29) is 11.3 Å². The zero-order valence-electron chi connectivity index (χ0n) is 13.7. The fourth-order valence-corrected chi connectivity index (χ4v) is 3.99. The molecule has 0 bridgehead atoms. The molecule has 0 aliphatic rings. The molecule has 0 radical (unpaired) electrons. The summed E-state index contributed by atoms with van der Waals surface area (Å²) in [4.78, 5) is 27.0. The van der Waals surface area contributed by atoms with Gasteiger partial charge in [0.15, 0.2) is 5.16 Å². The number of pyridine rings is 2. The Hall–Kier alpha value is -3.39. The fourth-order valence-electron chi connectivity index (χ4n) is 3.23. The van der Waals surface area contributed by atoms with E-state index in [1.165, 1.54) is 23.9 Å². The second kappa shape index (κ2) is 5.82. The Labute approximate surface area is 155 Å². The van der Waals surface area contributed by atoms with Gasteiger partial charge in [0.05, 0.1) is 16.4 Å². The first kappa shape index (κ1) is 15.8. The Morgan fingerprint density at radius 3 is 2.85 bits per heavy atom. The summed E-state index contributed by atoms with van der Waals surface area (Å²) in [5.41, 5.74) is 0.999.